The number of nitrogens with zero attached hydrogens (tertiary/aromatic N) is 2. The van der Waals surface area contributed by atoms with Gasteiger partial charge < -0.3 is 4.84 Å². The van der Waals surface area contributed by atoms with Gasteiger partial charge in [-0.25, -0.2) is 4.79 Å². The van der Waals surface area contributed by atoms with Crippen molar-refractivity contribution in [2.45, 2.75) is 44.6 Å². The lowest BCUT2D eigenvalue weighted by Gasteiger charge is -2.32. The third-order valence-electron chi connectivity index (χ3n) is 4.43. The second-order valence-corrected chi connectivity index (χ2v) is 5.88. The van der Waals surface area contributed by atoms with Gasteiger partial charge in [-0.15, -0.1) is 5.06 Å². The van der Waals surface area contributed by atoms with Crippen LogP contribution in [-0.2, 0) is 28.8 Å². The molecule has 122 valence electrons. The largest absolute Gasteiger partial charge is 0.336 e. The molecule has 0 radical (unpaired) electrons. The molecule has 1 saturated carbocycles. The van der Waals surface area contributed by atoms with Crippen LogP contribution in [0.25, 0.3) is 0 Å². The quantitative estimate of drug-likeness (QED) is 0.682. The molecular formula is C15H16N2O6. The van der Waals surface area contributed by atoms with Crippen molar-refractivity contribution in [2.75, 3.05) is 0 Å². The van der Waals surface area contributed by atoms with Crippen molar-refractivity contribution in [3.05, 3.63) is 12.2 Å². The lowest BCUT2D eigenvalue weighted by atomic mass is 9.85. The molecule has 0 aromatic rings. The zero-order valence-electron chi connectivity index (χ0n) is 12.4. The first-order chi connectivity index (χ1) is 11.0. The van der Waals surface area contributed by atoms with E-state index in [4.69, 9.17) is 4.84 Å². The van der Waals surface area contributed by atoms with E-state index in [1.165, 1.54) is 17.1 Å². The Morgan fingerprint density at radius 3 is 1.96 bits per heavy atom. The predicted octanol–water partition coefficient (Wildman–Crippen LogP) is 0.0774. The fourth-order valence-electron chi connectivity index (χ4n) is 3.16. The van der Waals surface area contributed by atoms with Gasteiger partial charge in [0, 0.05) is 31.0 Å². The summed E-state index contributed by atoms with van der Waals surface area (Å²) in [5.74, 6) is -2.70. The zero-order chi connectivity index (χ0) is 16.6. The summed E-state index contributed by atoms with van der Waals surface area (Å²) < 4.78 is 0. The van der Waals surface area contributed by atoms with Gasteiger partial charge in [0.05, 0.1) is 5.92 Å². The Hall–Kier alpha value is -2.51. The van der Waals surface area contributed by atoms with Gasteiger partial charge in [0.25, 0.3) is 23.6 Å². The van der Waals surface area contributed by atoms with E-state index in [-0.39, 0.29) is 30.7 Å². The highest BCUT2D eigenvalue weighted by Gasteiger charge is 2.38. The number of carbonyl (C=O) groups is 5. The predicted molar refractivity (Wildman–Crippen MR) is 73.9 cm³/mol. The number of rotatable bonds is 3. The highest BCUT2D eigenvalue weighted by Crippen LogP contribution is 2.30. The van der Waals surface area contributed by atoms with Crippen LogP contribution in [0.4, 0.5) is 0 Å². The summed E-state index contributed by atoms with van der Waals surface area (Å²) >= 11 is 0. The summed E-state index contributed by atoms with van der Waals surface area (Å²) in [5.41, 5.74) is 0. The zero-order valence-corrected chi connectivity index (χ0v) is 12.4. The SMILES string of the molecule is O=C(ON1C(=O)CCC1=O)C1CCC(N2C(=O)C=CC2=O)CC1. The molecule has 2 fully saturated rings. The van der Waals surface area contributed by atoms with E-state index in [0.29, 0.717) is 30.7 Å². The van der Waals surface area contributed by atoms with Crippen LogP contribution in [-0.4, -0.2) is 45.6 Å². The number of carbonyl (C=O) groups excluding carboxylic acids is 5. The number of imide groups is 2. The molecule has 4 amide bonds. The number of amides is 4. The summed E-state index contributed by atoms with van der Waals surface area (Å²) in [6.07, 6.45) is 4.49. The average Bonchev–Trinajstić information content (AvgIpc) is 3.03. The van der Waals surface area contributed by atoms with E-state index in [1.54, 1.807) is 0 Å². The molecule has 0 unspecified atom stereocenters. The summed E-state index contributed by atoms with van der Waals surface area (Å²) in [6.45, 7) is 0. The lowest BCUT2D eigenvalue weighted by Crippen LogP contribution is -2.43. The molecule has 1 saturated heterocycles. The molecule has 0 atom stereocenters. The minimum absolute atomic E-state index is 0.0606. The Morgan fingerprint density at radius 2 is 1.43 bits per heavy atom. The maximum atomic E-state index is 12.1. The molecule has 0 aromatic heterocycles. The third kappa shape index (κ3) is 2.88. The van der Waals surface area contributed by atoms with Gasteiger partial charge >= 0.3 is 5.97 Å². The molecule has 0 spiro atoms. The van der Waals surface area contributed by atoms with Crippen molar-refractivity contribution in [1.29, 1.82) is 0 Å². The Bertz CT molecular complexity index is 583. The van der Waals surface area contributed by atoms with Gasteiger partial charge in [-0.2, -0.15) is 0 Å². The summed E-state index contributed by atoms with van der Waals surface area (Å²) in [7, 11) is 0. The van der Waals surface area contributed by atoms with E-state index in [0.717, 1.165) is 0 Å². The first-order valence-corrected chi connectivity index (χ1v) is 7.60. The summed E-state index contributed by atoms with van der Waals surface area (Å²) in [4.78, 5) is 64.4. The van der Waals surface area contributed by atoms with E-state index in [2.05, 4.69) is 0 Å². The Labute approximate surface area is 132 Å². The van der Waals surface area contributed by atoms with Crippen LogP contribution in [0.15, 0.2) is 12.2 Å². The Kier molecular flexibility index (Phi) is 3.97. The topological polar surface area (TPSA) is 101 Å². The second kappa shape index (κ2) is 5.94. The van der Waals surface area contributed by atoms with Crippen LogP contribution in [0, 0.1) is 5.92 Å². The maximum Gasteiger partial charge on any atom is 0.336 e. The van der Waals surface area contributed by atoms with E-state index in [1.807, 2.05) is 0 Å². The molecule has 23 heavy (non-hydrogen) atoms. The van der Waals surface area contributed by atoms with E-state index >= 15 is 0 Å². The normalized spacial score (nSPS) is 28.0. The summed E-state index contributed by atoms with van der Waals surface area (Å²) in [5, 5.41) is 0.547. The van der Waals surface area contributed by atoms with Crippen molar-refractivity contribution in [1.82, 2.24) is 9.96 Å². The smallest absolute Gasteiger partial charge is 0.330 e. The van der Waals surface area contributed by atoms with Crippen LogP contribution in [0.1, 0.15) is 38.5 Å². The molecule has 3 rings (SSSR count). The molecule has 1 aliphatic carbocycles. The van der Waals surface area contributed by atoms with Crippen molar-refractivity contribution in [3.63, 3.8) is 0 Å². The number of hydroxylamine groups is 2. The molecule has 8 nitrogen and oxygen atoms in total. The number of hydrogen-bond donors (Lipinski definition) is 0. The first kappa shape index (κ1) is 15.4. The maximum absolute atomic E-state index is 12.1. The van der Waals surface area contributed by atoms with Crippen molar-refractivity contribution < 1.29 is 28.8 Å². The first-order valence-electron chi connectivity index (χ1n) is 7.60. The number of hydrogen-bond acceptors (Lipinski definition) is 6. The molecule has 3 aliphatic rings. The second-order valence-electron chi connectivity index (χ2n) is 5.88. The van der Waals surface area contributed by atoms with Gasteiger partial charge in [-0.05, 0) is 25.7 Å². The minimum atomic E-state index is -0.607. The van der Waals surface area contributed by atoms with Crippen molar-refractivity contribution in [2.24, 2.45) is 5.92 Å². The molecule has 8 heteroatoms. The van der Waals surface area contributed by atoms with Crippen LogP contribution >= 0.6 is 0 Å². The average molecular weight is 320 g/mol. The Morgan fingerprint density at radius 1 is 0.913 bits per heavy atom. The van der Waals surface area contributed by atoms with E-state index in [9.17, 15) is 24.0 Å². The minimum Gasteiger partial charge on any atom is -0.330 e. The molecule has 0 bridgehead atoms. The third-order valence-corrected chi connectivity index (χ3v) is 4.43. The van der Waals surface area contributed by atoms with E-state index < -0.39 is 23.7 Å². The van der Waals surface area contributed by atoms with Gasteiger partial charge in [-0.3, -0.25) is 24.1 Å². The van der Waals surface area contributed by atoms with Crippen LogP contribution in [0.2, 0.25) is 0 Å². The van der Waals surface area contributed by atoms with Gasteiger partial charge in [0.2, 0.25) is 0 Å². The van der Waals surface area contributed by atoms with Crippen LogP contribution in [0.3, 0.4) is 0 Å². The van der Waals surface area contributed by atoms with Gasteiger partial charge in [-0.1, -0.05) is 0 Å². The fraction of sp³-hybridized carbons (Fsp3) is 0.533. The highest BCUT2D eigenvalue weighted by molar-refractivity contribution is 6.13. The van der Waals surface area contributed by atoms with Gasteiger partial charge in [0.1, 0.15) is 0 Å². The van der Waals surface area contributed by atoms with Gasteiger partial charge in [0.15, 0.2) is 0 Å². The fourth-order valence-corrected chi connectivity index (χ4v) is 3.16. The van der Waals surface area contributed by atoms with Crippen molar-refractivity contribution >= 4 is 29.6 Å². The molecule has 0 N–H and O–H groups in total. The molecule has 0 aromatic carbocycles. The monoisotopic (exact) mass is 320 g/mol. The van der Waals surface area contributed by atoms with Crippen molar-refractivity contribution in [3.8, 4) is 0 Å². The molecule has 2 heterocycles. The Balaban J connectivity index is 1.53. The molecular weight excluding hydrogens is 304 g/mol. The summed E-state index contributed by atoms with van der Waals surface area (Å²) in [6, 6.07) is -0.218. The van der Waals surface area contributed by atoms with Crippen LogP contribution < -0.4 is 0 Å². The standard InChI is InChI=1S/C15H16N2O6/c18-11-5-6-12(19)16(11)10-3-1-9(2-4-10)15(22)23-17-13(20)7-8-14(17)21/h5-6,9-10H,1-4,7-8H2. The lowest BCUT2D eigenvalue weighted by molar-refractivity contribution is -0.201. The molecule has 2 aliphatic heterocycles. The highest BCUT2D eigenvalue weighted by atomic mass is 16.7. The van der Waals surface area contributed by atoms with Crippen LogP contribution in [0.5, 0.6) is 0 Å².